The summed E-state index contributed by atoms with van der Waals surface area (Å²) >= 11 is 0. The molecule has 1 heterocycles. The van der Waals surface area contributed by atoms with Gasteiger partial charge in [0.25, 0.3) is 0 Å². The zero-order valence-electron chi connectivity index (χ0n) is 9.79. The molecule has 0 saturated heterocycles. The van der Waals surface area contributed by atoms with E-state index in [1.165, 1.54) is 0 Å². The fraction of sp³-hybridized carbons (Fsp3) is 0.583. The van der Waals surface area contributed by atoms with Crippen LogP contribution in [0.25, 0.3) is 0 Å². The van der Waals surface area contributed by atoms with Crippen LogP contribution in [0.2, 0.25) is 0 Å². The lowest BCUT2D eigenvalue weighted by Gasteiger charge is -2.14. The van der Waals surface area contributed by atoms with Gasteiger partial charge in [-0.3, -0.25) is 4.98 Å². The SMILES string of the molecule is CCCOCC(N)c1ccc(C)nc1C. The van der Waals surface area contributed by atoms with Gasteiger partial charge < -0.3 is 10.5 Å². The van der Waals surface area contributed by atoms with Gasteiger partial charge >= 0.3 is 0 Å². The smallest absolute Gasteiger partial charge is 0.0660 e. The van der Waals surface area contributed by atoms with Crippen LogP contribution in [-0.4, -0.2) is 18.2 Å². The largest absolute Gasteiger partial charge is 0.379 e. The molecule has 0 amide bonds. The molecule has 84 valence electrons. The highest BCUT2D eigenvalue weighted by molar-refractivity contribution is 5.24. The fourth-order valence-electron chi connectivity index (χ4n) is 1.53. The molecule has 2 N–H and O–H groups in total. The molecule has 0 aliphatic heterocycles. The molecule has 0 aliphatic rings. The van der Waals surface area contributed by atoms with Crippen LogP contribution in [0.5, 0.6) is 0 Å². The first kappa shape index (κ1) is 12.1. The van der Waals surface area contributed by atoms with Gasteiger partial charge in [-0.2, -0.15) is 0 Å². The normalized spacial score (nSPS) is 12.8. The maximum Gasteiger partial charge on any atom is 0.0660 e. The highest BCUT2D eigenvalue weighted by Crippen LogP contribution is 2.14. The van der Waals surface area contributed by atoms with E-state index < -0.39 is 0 Å². The van der Waals surface area contributed by atoms with Crippen LogP contribution in [0.15, 0.2) is 12.1 Å². The van der Waals surface area contributed by atoms with Crippen molar-refractivity contribution in [2.45, 2.75) is 33.2 Å². The van der Waals surface area contributed by atoms with E-state index in [1.54, 1.807) is 0 Å². The first-order valence-electron chi connectivity index (χ1n) is 5.42. The van der Waals surface area contributed by atoms with Gasteiger partial charge in [0, 0.05) is 18.0 Å². The third-order valence-corrected chi connectivity index (χ3v) is 2.31. The molecule has 1 unspecified atom stereocenters. The lowest BCUT2D eigenvalue weighted by Crippen LogP contribution is -2.19. The fourth-order valence-corrected chi connectivity index (χ4v) is 1.53. The quantitative estimate of drug-likeness (QED) is 0.754. The van der Waals surface area contributed by atoms with Crippen molar-refractivity contribution in [3.63, 3.8) is 0 Å². The van der Waals surface area contributed by atoms with Gasteiger partial charge in [0.2, 0.25) is 0 Å². The van der Waals surface area contributed by atoms with Gasteiger partial charge in [-0.25, -0.2) is 0 Å². The zero-order valence-corrected chi connectivity index (χ0v) is 9.79. The average Bonchev–Trinajstić information content (AvgIpc) is 2.17. The number of hydrogen-bond donors (Lipinski definition) is 1. The second-order valence-corrected chi connectivity index (χ2v) is 3.81. The minimum Gasteiger partial charge on any atom is -0.379 e. The van der Waals surface area contributed by atoms with Crippen LogP contribution in [0, 0.1) is 13.8 Å². The Morgan fingerprint density at radius 1 is 1.40 bits per heavy atom. The summed E-state index contributed by atoms with van der Waals surface area (Å²) in [6.07, 6.45) is 1.03. The van der Waals surface area contributed by atoms with E-state index in [9.17, 15) is 0 Å². The van der Waals surface area contributed by atoms with E-state index in [1.807, 2.05) is 26.0 Å². The van der Waals surface area contributed by atoms with E-state index in [0.717, 1.165) is 30.0 Å². The van der Waals surface area contributed by atoms with Crippen LogP contribution in [0.4, 0.5) is 0 Å². The van der Waals surface area contributed by atoms with Gasteiger partial charge in [-0.05, 0) is 31.9 Å². The van der Waals surface area contributed by atoms with Crippen molar-refractivity contribution < 1.29 is 4.74 Å². The number of aryl methyl sites for hydroxylation is 2. The van der Waals surface area contributed by atoms with Crippen molar-refractivity contribution in [1.82, 2.24) is 4.98 Å². The molecule has 0 saturated carbocycles. The Morgan fingerprint density at radius 2 is 2.13 bits per heavy atom. The summed E-state index contributed by atoms with van der Waals surface area (Å²) < 4.78 is 5.43. The molecular weight excluding hydrogens is 188 g/mol. The number of nitrogens with two attached hydrogens (primary N) is 1. The Kier molecular flexibility index (Phi) is 4.72. The minimum atomic E-state index is -0.0651. The van der Waals surface area contributed by atoms with E-state index in [-0.39, 0.29) is 6.04 Å². The van der Waals surface area contributed by atoms with Crippen molar-refractivity contribution in [2.75, 3.05) is 13.2 Å². The summed E-state index contributed by atoms with van der Waals surface area (Å²) in [6, 6.07) is 3.96. The molecule has 3 heteroatoms. The lowest BCUT2D eigenvalue weighted by molar-refractivity contribution is 0.121. The predicted molar refractivity (Wildman–Crippen MR) is 61.7 cm³/mol. The number of aromatic nitrogens is 1. The van der Waals surface area contributed by atoms with Crippen molar-refractivity contribution in [3.8, 4) is 0 Å². The zero-order chi connectivity index (χ0) is 11.3. The Labute approximate surface area is 91.7 Å². The number of pyridine rings is 1. The monoisotopic (exact) mass is 208 g/mol. The number of ether oxygens (including phenoxy) is 1. The number of nitrogens with zero attached hydrogens (tertiary/aromatic N) is 1. The van der Waals surface area contributed by atoms with Crippen LogP contribution in [0.3, 0.4) is 0 Å². The highest BCUT2D eigenvalue weighted by Gasteiger charge is 2.09. The third-order valence-electron chi connectivity index (χ3n) is 2.31. The molecule has 1 aromatic heterocycles. The average molecular weight is 208 g/mol. The summed E-state index contributed by atoms with van der Waals surface area (Å²) in [4.78, 5) is 4.39. The van der Waals surface area contributed by atoms with E-state index in [2.05, 4.69) is 11.9 Å². The predicted octanol–water partition coefficient (Wildman–Crippen LogP) is 2.12. The number of rotatable bonds is 5. The van der Waals surface area contributed by atoms with Gasteiger partial charge in [-0.15, -0.1) is 0 Å². The van der Waals surface area contributed by atoms with Crippen molar-refractivity contribution in [1.29, 1.82) is 0 Å². The summed E-state index contributed by atoms with van der Waals surface area (Å²) in [5.41, 5.74) is 9.13. The standard InChI is InChI=1S/C12H20N2O/c1-4-7-15-8-12(13)11-6-5-9(2)14-10(11)3/h5-6,12H,4,7-8,13H2,1-3H3. The highest BCUT2D eigenvalue weighted by atomic mass is 16.5. The Balaban J connectivity index is 2.61. The van der Waals surface area contributed by atoms with Crippen LogP contribution in [-0.2, 0) is 4.74 Å². The summed E-state index contributed by atoms with van der Waals surface area (Å²) in [5.74, 6) is 0. The molecule has 0 fully saturated rings. The molecule has 0 spiro atoms. The molecular formula is C12H20N2O. The van der Waals surface area contributed by atoms with Gasteiger partial charge in [0.05, 0.1) is 12.6 Å². The molecule has 1 rings (SSSR count). The molecule has 0 bridgehead atoms. The molecule has 1 aromatic rings. The van der Waals surface area contributed by atoms with Gasteiger partial charge in [0.15, 0.2) is 0 Å². The molecule has 0 aromatic carbocycles. The van der Waals surface area contributed by atoms with E-state index in [4.69, 9.17) is 10.5 Å². The maximum atomic E-state index is 6.02. The first-order chi connectivity index (χ1) is 7.15. The van der Waals surface area contributed by atoms with Crippen molar-refractivity contribution >= 4 is 0 Å². The van der Waals surface area contributed by atoms with Crippen molar-refractivity contribution in [2.24, 2.45) is 5.73 Å². The Bertz CT molecular complexity index is 312. The van der Waals surface area contributed by atoms with E-state index >= 15 is 0 Å². The Morgan fingerprint density at radius 3 is 2.73 bits per heavy atom. The Hall–Kier alpha value is -0.930. The van der Waals surface area contributed by atoms with Crippen LogP contribution >= 0.6 is 0 Å². The van der Waals surface area contributed by atoms with E-state index in [0.29, 0.717) is 6.61 Å². The lowest BCUT2D eigenvalue weighted by atomic mass is 10.1. The molecule has 0 radical (unpaired) electrons. The molecule has 1 atom stereocenters. The van der Waals surface area contributed by atoms with Gasteiger partial charge in [-0.1, -0.05) is 13.0 Å². The molecule has 15 heavy (non-hydrogen) atoms. The number of hydrogen-bond acceptors (Lipinski definition) is 3. The van der Waals surface area contributed by atoms with Gasteiger partial charge in [0.1, 0.15) is 0 Å². The minimum absolute atomic E-state index is 0.0651. The molecule has 0 aliphatic carbocycles. The molecule has 3 nitrogen and oxygen atoms in total. The van der Waals surface area contributed by atoms with Crippen LogP contribution in [0.1, 0.15) is 36.3 Å². The topological polar surface area (TPSA) is 48.1 Å². The first-order valence-corrected chi connectivity index (χ1v) is 5.42. The summed E-state index contributed by atoms with van der Waals surface area (Å²) in [7, 11) is 0. The summed E-state index contributed by atoms with van der Waals surface area (Å²) in [6.45, 7) is 7.40. The second-order valence-electron chi connectivity index (χ2n) is 3.81. The van der Waals surface area contributed by atoms with Crippen LogP contribution < -0.4 is 5.73 Å². The summed E-state index contributed by atoms with van der Waals surface area (Å²) in [5, 5.41) is 0. The van der Waals surface area contributed by atoms with Crippen molar-refractivity contribution in [3.05, 3.63) is 29.1 Å². The second kappa shape index (κ2) is 5.83. The third kappa shape index (κ3) is 3.61. The maximum absolute atomic E-state index is 6.02.